The van der Waals surface area contributed by atoms with Crippen LogP contribution in [0.5, 0.6) is 0 Å². The number of aliphatic hydroxyl groups excluding tert-OH is 1. The summed E-state index contributed by atoms with van der Waals surface area (Å²) in [5.74, 6) is 1.81. The molecule has 1 aromatic carbocycles. The molecule has 0 amide bonds. The average molecular weight is 444 g/mol. The molecule has 0 unspecified atom stereocenters. The van der Waals surface area contributed by atoms with Gasteiger partial charge in [-0.25, -0.2) is 0 Å². The Labute approximate surface area is 185 Å². The Bertz CT molecular complexity index is 1010. The number of β-amino-alcohol motifs (C(OH)–C–C–N with tert-alkyl or cyclic N) is 1. The van der Waals surface area contributed by atoms with Gasteiger partial charge in [-0.3, -0.25) is 4.90 Å². The van der Waals surface area contributed by atoms with Crippen LogP contribution in [-0.4, -0.2) is 90.7 Å². The summed E-state index contributed by atoms with van der Waals surface area (Å²) >= 11 is 6.05. The lowest BCUT2D eigenvalue weighted by molar-refractivity contribution is 0.188. The lowest BCUT2D eigenvalue weighted by Crippen LogP contribution is -2.48. The number of rotatable bonds is 5. The van der Waals surface area contributed by atoms with Gasteiger partial charge in [0.25, 0.3) is 6.01 Å². The molecule has 164 valence electrons. The van der Waals surface area contributed by atoms with E-state index in [1.165, 1.54) is 0 Å². The molecular weight excluding hydrogens is 418 g/mol. The summed E-state index contributed by atoms with van der Waals surface area (Å²) in [7, 11) is 0. The number of oxazole rings is 1. The molecule has 0 bridgehead atoms. The van der Waals surface area contributed by atoms with Crippen molar-refractivity contribution in [3.05, 3.63) is 35.4 Å². The van der Waals surface area contributed by atoms with E-state index in [0.717, 1.165) is 81.6 Å². The number of hydrogen-bond acceptors (Lipinski definition) is 9. The van der Waals surface area contributed by atoms with E-state index in [2.05, 4.69) is 46.9 Å². The number of piperazine rings is 2. The zero-order valence-electron chi connectivity index (χ0n) is 17.3. The number of fused-ring (bicyclic) bond motifs is 1. The molecule has 2 aromatic heterocycles. The molecule has 31 heavy (non-hydrogen) atoms. The molecule has 3 aromatic rings. The van der Waals surface area contributed by atoms with Gasteiger partial charge in [0.15, 0.2) is 17.2 Å². The number of aromatic nitrogens is 3. The first-order valence-corrected chi connectivity index (χ1v) is 11.1. The van der Waals surface area contributed by atoms with E-state index in [1.807, 2.05) is 18.2 Å². The molecule has 10 heteroatoms. The molecule has 2 aliphatic rings. The summed E-state index contributed by atoms with van der Waals surface area (Å²) in [5.41, 5.74) is 1.53. The zero-order chi connectivity index (χ0) is 21.2. The first-order chi connectivity index (χ1) is 15.2. The Morgan fingerprint density at radius 3 is 2.06 bits per heavy atom. The van der Waals surface area contributed by atoms with Crippen LogP contribution >= 0.6 is 11.6 Å². The summed E-state index contributed by atoms with van der Waals surface area (Å²) in [6.07, 6.45) is 0. The Hall–Kier alpha value is -2.62. The summed E-state index contributed by atoms with van der Waals surface area (Å²) < 4.78 is 5.90. The highest BCUT2D eigenvalue weighted by Gasteiger charge is 2.23. The molecule has 2 aliphatic heterocycles. The van der Waals surface area contributed by atoms with Gasteiger partial charge in [0, 0.05) is 63.9 Å². The highest BCUT2D eigenvalue weighted by Crippen LogP contribution is 2.26. The minimum absolute atomic E-state index is 0.211. The molecule has 0 spiro atoms. The average Bonchev–Trinajstić information content (AvgIpc) is 3.23. The van der Waals surface area contributed by atoms with Crippen LogP contribution in [0.2, 0.25) is 5.02 Å². The second-order valence-electron chi connectivity index (χ2n) is 7.88. The number of nitrogens with zero attached hydrogens (tertiary/aromatic N) is 7. The number of aliphatic hydroxyl groups is 1. The Morgan fingerprint density at radius 2 is 1.45 bits per heavy atom. The van der Waals surface area contributed by atoms with Crippen LogP contribution in [0.15, 0.2) is 34.7 Å². The number of anilines is 3. The second-order valence-corrected chi connectivity index (χ2v) is 8.32. The molecule has 9 nitrogen and oxygen atoms in total. The van der Waals surface area contributed by atoms with E-state index in [-0.39, 0.29) is 6.61 Å². The van der Waals surface area contributed by atoms with Crippen LogP contribution < -0.4 is 14.7 Å². The lowest BCUT2D eigenvalue weighted by Gasteiger charge is -2.36. The fraction of sp³-hybridized carbons (Fsp3) is 0.476. The lowest BCUT2D eigenvalue weighted by atomic mass is 10.3. The zero-order valence-corrected chi connectivity index (χ0v) is 18.1. The van der Waals surface area contributed by atoms with Gasteiger partial charge in [0.05, 0.1) is 6.61 Å². The number of benzene rings is 1. The Morgan fingerprint density at radius 1 is 0.839 bits per heavy atom. The molecule has 4 heterocycles. The minimum Gasteiger partial charge on any atom is -0.423 e. The third-order valence-corrected chi connectivity index (χ3v) is 6.20. The van der Waals surface area contributed by atoms with Crippen LogP contribution in [-0.2, 0) is 0 Å². The fourth-order valence-electron chi connectivity index (χ4n) is 4.15. The third kappa shape index (κ3) is 4.39. The van der Waals surface area contributed by atoms with Crippen molar-refractivity contribution in [2.45, 2.75) is 0 Å². The van der Waals surface area contributed by atoms with Gasteiger partial charge in [-0.2, -0.15) is 4.98 Å². The van der Waals surface area contributed by atoms with Crippen molar-refractivity contribution >= 4 is 40.4 Å². The van der Waals surface area contributed by atoms with Crippen LogP contribution in [0.4, 0.5) is 17.7 Å². The molecule has 5 rings (SSSR count). The topological polar surface area (TPSA) is 85.0 Å². The summed E-state index contributed by atoms with van der Waals surface area (Å²) in [4.78, 5) is 13.5. The van der Waals surface area contributed by atoms with Crippen molar-refractivity contribution in [2.75, 3.05) is 80.2 Å². The standard InChI is InChI=1S/C21H26ClN7O2/c22-16-1-2-18-17(15-16)23-21(31-18)29-11-9-28(10-12-29)20-4-3-19(24-25-20)27-7-5-26(6-8-27)13-14-30/h1-4,15,30H,5-14H2. The maximum atomic E-state index is 9.08. The molecule has 0 saturated carbocycles. The van der Waals surface area contributed by atoms with Gasteiger partial charge < -0.3 is 24.2 Å². The van der Waals surface area contributed by atoms with E-state index in [4.69, 9.17) is 21.1 Å². The van der Waals surface area contributed by atoms with Crippen LogP contribution in [0, 0.1) is 0 Å². The summed E-state index contributed by atoms with van der Waals surface area (Å²) in [6, 6.07) is 10.2. The van der Waals surface area contributed by atoms with E-state index in [1.54, 1.807) is 0 Å². The van der Waals surface area contributed by atoms with Crippen molar-refractivity contribution in [1.82, 2.24) is 20.1 Å². The van der Waals surface area contributed by atoms with Gasteiger partial charge in [-0.1, -0.05) is 11.6 Å². The van der Waals surface area contributed by atoms with Crippen LogP contribution in [0.3, 0.4) is 0 Å². The fourth-order valence-corrected chi connectivity index (χ4v) is 4.31. The summed E-state index contributed by atoms with van der Waals surface area (Å²) in [6.45, 7) is 7.89. The van der Waals surface area contributed by atoms with Crippen molar-refractivity contribution in [3.8, 4) is 0 Å². The minimum atomic E-state index is 0.211. The molecule has 1 N–H and O–H groups in total. The van der Waals surface area contributed by atoms with Gasteiger partial charge >= 0.3 is 0 Å². The highest BCUT2D eigenvalue weighted by molar-refractivity contribution is 6.31. The van der Waals surface area contributed by atoms with Gasteiger partial charge in [-0.15, -0.1) is 10.2 Å². The Kier molecular flexibility index (Phi) is 5.80. The largest absolute Gasteiger partial charge is 0.423 e. The maximum absolute atomic E-state index is 9.08. The number of halogens is 1. The van der Waals surface area contributed by atoms with Crippen molar-refractivity contribution in [2.24, 2.45) is 0 Å². The van der Waals surface area contributed by atoms with Crippen molar-refractivity contribution in [3.63, 3.8) is 0 Å². The van der Waals surface area contributed by atoms with Crippen LogP contribution in [0.25, 0.3) is 11.1 Å². The third-order valence-electron chi connectivity index (χ3n) is 5.96. The van der Waals surface area contributed by atoms with E-state index >= 15 is 0 Å². The second kappa shape index (κ2) is 8.86. The molecule has 0 aliphatic carbocycles. The van der Waals surface area contributed by atoms with Gasteiger partial charge in [0.2, 0.25) is 0 Å². The predicted molar refractivity (Wildman–Crippen MR) is 121 cm³/mol. The van der Waals surface area contributed by atoms with E-state index in [0.29, 0.717) is 11.0 Å². The van der Waals surface area contributed by atoms with Crippen LogP contribution in [0.1, 0.15) is 0 Å². The molecule has 2 fully saturated rings. The SMILES string of the molecule is OCCN1CCN(c2ccc(N3CCN(c4nc5cc(Cl)ccc5o4)CC3)nn2)CC1. The molecule has 0 radical (unpaired) electrons. The maximum Gasteiger partial charge on any atom is 0.298 e. The first kappa shape index (κ1) is 20.3. The quantitative estimate of drug-likeness (QED) is 0.633. The first-order valence-electron chi connectivity index (χ1n) is 10.7. The van der Waals surface area contributed by atoms with Gasteiger partial charge in [-0.05, 0) is 30.3 Å². The molecule has 0 atom stereocenters. The van der Waals surface area contributed by atoms with Gasteiger partial charge in [0.1, 0.15) is 5.52 Å². The predicted octanol–water partition coefficient (Wildman–Crippen LogP) is 1.71. The Balaban J connectivity index is 1.18. The van der Waals surface area contributed by atoms with Crippen molar-refractivity contribution < 1.29 is 9.52 Å². The molecular formula is C21H26ClN7O2. The normalized spacial score (nSPS) is 18.2. The van der Waals surface area contributed by atoms with E-state index in [9.17, 15) is 0 Å². The molecule has 2 saturated heterocycles. The highest BCUT2D eigenvalue weighted by atomic mass is 35.5. The smallest absolute Gasteiger partial charge is 0.298 e. The number of hydrogen-bond donors (Lipinski definition) is 1. The monoisotopic (exact) mass is 443 g/mol. The van der Waals surface area contributed by atoms with E-state index < -0.39 is 0 Å². The van der Waals surface area contributed by atoms with Crippen molar-refractivity contribution in [1.29, 1.82) is 0 Å². The summed E-state index contributed by atoms with van der Waals surface area (Å²) in [5, 5.41) is 18.7.